The summed E-state index contributed by atoms with van der Waals surface area (Å²) in [5.41, 5.74) is -0.0694. The number of aliphatic carboxylic acids is 1. The molecule has 64 valence electrons. The summed E-state index contributed by atoms with van der Waals surface area (Å²) in [6.07, 6.45) is 0.794. The van der Waals surface area contributed by atoms with Crippen LogP contribution in [0.1, 0.15) is 18.2 Å². The molecule has 1 aliphatic carbocycles. The van der Waals surface area contributed by atoms with Crippen LogP contribution in [0.4, 0.5) is 0 Å². The minimum atomic E-state index is -0.661. The number of carboxylic acids is 1. The maximum atomic E-state index is 10.7. The van der Waals surface area contributed by atoms with Crippen molar-refractivity contribution in [1.29, 1.82) is 0 Å². The van der Waals surface area contributed by atoms with Gasteiger partial charge in [0, 0.05) is 10.3 Å². The van der Waals surface area contributed by atoms with Gasteiger partial charge in [-0.3, -0.25) is 4.79 Å². The van der Waals surface area contributed by atoms with Crippen molar-refractivity contribution >= 4 is 17.3 Å². The molecule has 1 fully saturated rings. The van der Waals surface area contributed by atoms with E-state index in [-0.39, 0.29) is 11.3 Å². The predicted molar refractivity (Wildman–Crippen MR) is 47.4 cm³/mol. The molecule has 2 nitrogen and oxygen atoms in total. The topological polar surface area (TPSA) is 37.3 Å². The van der Waals surface area contributed by atoms with Gasteiger partial charge in [0.05, 0.1) is 5.92 Å². The predicted octanol–water partition coefficient (Wildman–Crippen LogP) is 2.11. The Morgan fingerprint density at radius 2 is 2.58 bits per heavy atom. The molecule has 1 saturated carbocycles. The van der Waals surface area contributed by atoms with Crippen LogP contribution in [0, 0.1) is 5.92 Å². The first-order valence-electron chi connectivity index (χ1n) is 3.91. The van der Waals surface area contributed by atoms with Gasteiger partial charge in [0.25, 0.3) is 0 Å². The Kier molecular flexibility index (Phi) is 1.51. The van der Waals surface area contributed by atoms with Gasteiger partial charge < -0.3 is 5.11 Å². The van der Waals surface area contributed by atoms with Crippen LogP contribution >= 0.6 is 11.3 Å². The molecule has 1 heterocycles. The first-order valence-corrected chi connectivity index (χ1v) is 4.79. The highest BCUT2D eigenvalue weighted by molar-refractivity contribution is 7.10. The Bertz CT molecular complexity index is 304. The molecule has 0 spiro atoms. The molecule has 0 amide bonds. The van der Waals surface area contributed by atoms with E-state index in [1.165, 1.54) is 4.88 Å². The van der Waals surface area contributed by atoms with Crippen LogP contribution in [-0.4, -0.2) is 11.1 Å². The van der Waals surface area contributed by atoms with Crippen LogP contribution in [0.3, 0.4) is 0 Å². The minimum absolute atomic E-state index is 0.0694. The first kappa shape index (κ1) is 7.80. The third kappa shape index (κ3) is 0.966. The molecule has 1 N–H and O–H groups in total. The van der Waals surface area contributed by atoms with E-state index in [0.29, 0.717) is 0 Å². The normalized spacial score (nSPS) is 33.2. The van der Waals surface area contributed by atoms with E-state index < -0.39 is 5.97 Å². The molecule has 0 radical (unpaired) electrons. The monoisotopic (exact) mass is 182 g/mol. The lowest BCUT2D eigenvalue weighted by molar-refractivity contribution is -0.138. The van der Waals surface area contributed by atoms with Crippen LogP contribution in [0.2, 0.25) is 0 Å². The average molecular weight is 182 g/mol. The fourth-order valence-electron chi connectivity index (χ4n) is 1.60. The van der Waals surface area contributed by atoms with Crippen molar-refractivity contribution in [2.24, 2.45) is 5.92 Å². The molecular formula is C9H10O2S. The highest BCUT2D eigenvalue weighted by Crippen LogP contribution is 2.55. The van der Waals surface area contributed by atoms with E-state index in [1.807, 2.05) is 24.4 Å². The Hall–Kier alpha value is -0.830. The van der Waals surface area contributed by atoms with Gasteiger partial charge >= 0.3 is 5.97 Å². The summed E-state index contributed by atoms with van der Waals surface area (Å²) in [5, 5.41) is 10.8. The zero-order valence-corrected chi connectivity index (χ0v) is 7.60. The van der Waals surface area contributed by atoms with Crippen molar-refractivity contribution in [3.8, 4) is 0 Å². The molecule has 0 saturated heterocycles. The first-order chi connectivity index (χ1) is 5.64. The van der Waals surface area contributed by atoms with Crippen molar-refractivity contribution in [1.82, 2.24) is 0 Å². The molecule has 1 aliphatic rings. The van der Waals surface area contributed by atoms with Crippen molar-refractivity contribution in [2.75, 3.05) is 0 Å². The molecule has 3 heteroatoms. The molecule has 0 aromatic carbocycles. The van der Waals surface area contributed by atoms with E-state index in [0.717, 1.165) is 6.42 Å². The highest BCUT2D eigenvalue weighted by atomic mass is 32.1. The second kappa shape index (κ2) is 2.33. The van der Waals surface area contributed by atoms with Crippen molar-refractivity contribution in [3.05, 3.63) is 22.4 Å². The zero-order chi connectivity index (χ0) is 8.77. The Balaban J connectivity index is 2.23. The molecule has 0 bridgehead atoms. The van der Waals surface area contributed by atoms with Crippen LogP contribution in [0.5, 0.6) is 0 Å². The summed E-state index contributed by atoms with van der Waals surface area (Å²) in [4.78, 5) is 11.9. The lowest BCUT2D eigenvalue weighted by atomic mass is 10.1. The summed E-state index contributed by atoms with van der Waals surface area (Å²) in [7, 11) is 0. The molecular weight excluding hydrogens is 172 g/mol. The molecule has 1 aromatic heterocycles. The van der Waals surface area contributed by atoms with E-state index in [2.05, 4.69) is 0 Å². The Morgan fingerprint density at radius 1 is 1.83 bits per heavy atom. The van der Waals surface area contributed by atoms with E-state index >= 15 is 0 Å². The van der Waals surface area contributed by atoms with Crippen LogP contribution in [0.25, 0.3) is 0 Å². The average Bonchev–Trinajstić information content (AvgIpc) is 2.52. The number of thiophene rings is 1. The quantitative estimate of drug-likeness (QED) is 0.760. The summed E-state index contributed by atoms with van der Waals surface area (Å²) in [5.74, 6) is -0.818. The second-order valence-corrected chi connectivity index (χ2v) is 4.44. The number of rotatable bonds is 2. The van der Waals surface area contributed by atoms with Gasteiger partial charge in [-0.25, -0.2) is 0 Å². The number of hydrogen-bond donors (Lipinski definition) is 1. The number of carboxylic acid groups (broad SMARTS) is 1. The van der Waals surface area contributed by atoms with Gasteiger partial charge in [0.15, 0.2) is 0 Å². The Morgan fingerprint density at radius 3 is 3.00 bits per heavy atom. The standard InChI is InChI=1S/C9H10O2S/c1-9(5-6(9)8(10)11)7-3-2-4-12-7/h2-4,6H,5H2,1H3,(H,10,11)/t6-,9+/m0/s1. The molecule has 12 heavy (non-hydrogen) atoms. The molecule has 0 unspecified atom stereocenters. The summed E-state index contributed by atoms with van der Waals surface area (Å²) in [6.45, 7) is 2.03. The van der Waals surface area contributed by atoms with E-state index in [9.17, 15) is 4.79 Å². The van der Waals surface area contributed by atoms with Gasteiger partial charge in [0.2, 0.25) is 0 Å². The van der Waals surface area contributed by atoms with Crippen molar-refractivity contribution < 1.29 is 9.90 Å². The summed E-state index contributed by atoms with van der Waals surface area (Å²) >= 11 is 1.65. The summed E-state index contributed by atoms with van der Waals surface area (Å²) in [6, 6.07) is 4.00. The van der Waals surface area contributed by atoms with Gasteiger partial charge in [-0.15, -0.1) is 11.3 Å². The lowest BCUT2D eigenvalue weighted by Gasteiger charge is -2.04. The maximum absolute atomic E-state index is 10.7. The second-order valence-electron chi connectivity index (χ2n) is 3.49. The zero-order valence-electron chi connectivity index (χ0n) is 6.78. The van der Waals surface area contributed by atoms with Gasteiger partial charge in [-0.05, 0) is 17.9 Å². The molecule has 0 aliphatic heterocycles. The van der Waals surface area contributed by atoms with Gasteiger partial charge in [-0.1, -0.05) is 13.0 Å². The van der Waals surface area contributed by atoms with E-state index in [1.54, 1.807) is 11.3 Å². The Labute approximate surface area is 74.8 Å². The SMILES string of the molecule is C[C@@]1(c2cccs2)C[C@H]1C(=O)O. The number of carbonyl (C=O) groups is 1. The minimum Gasteiger partial charge on any atom is -0.481 e. The van der Waals surface area contributed by atoms with Gasteiger partial charge in [-0.2, -0.15) is 0 Å². The number of hydrogen-bond acceptors (Lipinski definition) is 2. The smallest absolute Gasteiger partial charge is 0.307 e. The van der Waals surface area contributed by atoms with Gasteiger partial charge in [0.1, 0.15) is 0 Å². The van der Waals surface area contributed by atoms with Crippen LogP contribution in [-0.2, 0) is 10.2 Å². The summed E-state index contributed by atoms with van der Waals surface area (Å²) < 4.78 is 0. The van der Waals surface area contributed by atoms with Crippen molar-refractivity contribution in [2.45, 2.75) is 18.8 Å². The fourth-order valence-corrected chi connectivity index (χ4v) is 2.56. The van der Waals surface area contributed by atoms with Crippen LogP contribution in [0.15, 0.2) is 17.5 Å². The molecule has 2 atom stereocenters. The van der Waals surface area contributed by atoms with Crippen LogP contribution < -0.4 is 0 Å². The molecule has 1 aromatic rings. The van der Waals surface area contributed by atoms with Crippen molar-refractivity contribution in [3.63, 3.8) is 0 Å². The fraction of sp³-hybridized carbons (Fsp3) is 0.444. The maximum Gasteiger partial charge on any atom is 0.307 e. The highest BCUT2D eigenvalue weighted by Gasteiger charge is 2.56. The largest absolute Gasteiger partial charge is 0.481 e. The lowest BCUT2D eigenvalue weighted by Crippen LogP contribution is -2.09. The molecule has 2 rings (SSSR count). The van der Waals surface area contributed by atoms with E-state index in [4.69, 9.17) is 5.11 Å². The third-order valence-corrected chi connectivity index (χ3v) is 3.77. The third-order valence-electron chi connectivity index (χ3n) is 2.62.